The van der Waals surface area contributed by atoms with Crippen LogP contribution in [0, 0.1) is 5.92 Å². The van der Waals surface area contributed by atoms with Gasteiger partial charge in [0.15, 0.2) is 0 Å². The molecule has 1 aliphatic carbocycles. The molecule has 1 aliphatic heterocycles. The Morgan fingerprint density at radius 3 is 2.11 bits per heavy atom. The average Bonchev–Trinajstić information content (AvgIpc) is 2.64. The third-order valence-electron chi connectivity index (χ3n) is 4.21. The van der Waals surface area contributed by atoms with Crippen LogP contribution in [0.15, 0.2) is 0 Å². The molecular formula is C14H24N2O2. The van der Waals surface area contributed by atoms with Crippen molar-refractivity contribution in [2.24, 2.45) is 5.92 Å². The highest BCUT2D eigenvalue weighted by atomic mass is 16.2. The number of rotatable bonds is 1. The summed E-state index contributed by atoms with van der Waals surface area (Å²) >= 11 is 0. The Kier molecular flexibility index (Phi) is 4.61. The molecule has 0 unspecified atom stereocenters. The molecule has 0 atom stereocenters. The van der Waals surface area contributed by atoms with Gasteiger partial charge in [-0.3, -0.25) is 9.59 Å². The molecule has 2 fully saturated rings. The zero-order chi connectivity index (χ0) is 13.0. The molecule has 18 heavy (non-hydrogen) atoms. The number of hydrogen-bond donors (Lipinski definition) is 0. The summed E-state index contributed by atoms with van der Waals surface area (Å²) in [4.78, 5) is 27.6. The molecule has 0 bridgehead atoms. The summed E-state index contributed by atoms with van der Waals surface area (Å²) in [6.07, 6.45) is 6.71. The van der Waals surface area contributed by atoms with Gasteiger partial charge in [0.05, 0.1) is 0 Å². The lowest BCUT2D eigenvalue weighted by molar-refractivity contribution is -0.137. The van der Waals surface area contributed by atoms with Crippen LogP contribution in [0.5, 0.6) is 0 Å². The third-order valence-corrected chi connectivity index (χ3v) is 4.21. The predicted octanol–water partition coefficient (Wildman–Crippen LogP) is 1.65. The summed E-state index contributed by atoms with van der Waals surface area (Å²) in [6.45, 7) is 4.64. The number of carbonyl (C=O) groups excluding carboxylic acids is 2. The van der Waals surface area contributed by atoms with Crippen molar-refractivity contribution in [2.75, 3.05) is 26.2 Å². The van der Waals surface area contributed by atoms with E-state index in [-0.39, 0.29) is 11.8 Å². The first-order valence-electron chi connectivity index (χ1n) is 7.23. The van der Waals surface area contributed by atoms with Crippen molar-refractivity contribution in [2.45, 2.75) is 45.4 Å². The van der Waals surface area contributed by atoms with Gasteiger partial charge in [-0.25, -0.2) is 0 Å². The number of nitrogens with zero attached hydrogens (tertiary/aromatic N) is 2. The smallest absolute Gasteiger partial charge is 0.225 e. The predicted molar refractivity (Wildman–Crippen MR) is 70.0 cm³/mol. The van der Waals surface area contributed by atoms with Crippen molar-refractivity contribution in [1.82, 2.24) is 9.80 Å². The Balaban J connectivity index is 1.88. The normalized spacial score (nSPS) is 22.7. The zero-order valence-corrected chi connectivity index (χ0v) is 11.4. The first-order chi connectivity index (χ1) is 8.68. The van der Waals surface area contributed by atoms with Crippen LogP contribution < -0.4 is 0 Å². The van der Waals surface area contributed by atoms with Gasteiger partial charge >= 0.3 is 0 Å². The van der Waals surface area contributed by atoms with E-state index in [0.717, 1.165) is 38.9 Å². The van der Waals surface area contributed by atoms with Crippen molar-refractivity contribution >= 4 is 11.8 Å². The topological polar surface area (TPSA) is 40.6 Å². The fourth-order valence-corrected chi connectivity index (χ4v) is 3.06. The molecule has 2 aliphatic rings. The summed E-state index contributed by atoms with van der Waals surface area (Å²) in [5.41, 5.74) is 0. The maximum atomic E-state index is 12.4. The van der Waals surface area contributed by atoms with Crippen molar-refractivity contribution in [3.8, 4) is 0 Å². The van der Waals surface area contributed by atoms with Crippen molar-refractivity contribution in [3.63, 3.8) is 0 Å². The Hall–Kier alpha value is -1.06. The standard InChI is InChI=1S/C14H24N2O2/c1-12(17)15-8-5-9-16(11-10-15)14(18)13-6-3-2-4-7-13/h13H,2-11H2,1H3. The highest BCUT2D eigenvalue weighted by molar-refractivity contribution is 5.79. The van der Waals surface area contributed by atoms with Crippen molar-refractivity contribution in [3.05, 3.63) is 0 Å². The molecule has 102 valence electrons. The minimum absolute atomic E-state index is 0.127. The third kappa shape index (κ3) is 3.24. The van der Waals surface area contributed by atoms with E-state index in [1.807, 2.05) is 9.80 Å². The van der Waals surface area contributed by atoms with Crippen LogP contribution in [-0.2, 0) is 9.59 Å². The van der Waals surface area contributed by atoms with E-state index < -0.39 is 0 Å². The van der Waals surface area contributed by atoms with Gasteiger partial charge in [0.1, 0.15) is 0 Å². The van der Waals surface area contributed by atoms with Gasteiger partial charge in [-0.2, -0.15) is 0 Å². The number of amides is 2. The fraction of sp³-hybridized carbons (Fsp3) is 0.857. The first kappa shape index (κ1) is 13.4. The van der Waals surface area contributed by atoms with E-state index in [0.29, 0.717) is 12.5 Å². The monoisotopic (exact) mass is 252 g/mol. The van der Waals surface area contributed by atoms with Gasteiger partial charge in [-0.05, 0) is 19.3 Å². The van der Waals surface area contributed by atoms with Crippen LogP contribution in [0.1, 0.15) is 45.4 Å². The van der Waals surface area contributed by atoms with Crippen LogP contribution in [-0.4, -0.2) is 47.8 Å². The summed E-state index contributed by atoms with van der Waals surface area (Å²) in [7, 11) is 0. The van der Waals surface area contributed by atoms with Crippen LogP contribution in [0.3, 0.4) is 0 Å². The van der Waals surface area contributed by atoms with E-state index in [1.54, 1.807) is 6.92 Å². The Bertz CT molecular complexity index is 311. The number of hydrogen-bond acceptors (Lipinski definition) is 2. The molecule has 2 amide bonds. The molecule has 0 radical (unpaired) electrons. The largest absolute Gasteiger partial charge is 0.341 e. The van der Waals surface area contributed by atoms with Gasteiger partial charge in [-0.15, -0.1) is 0 Å². The number of carbonyl (C=O) groups is 2. The van der Waals surface area contributed by atoms with Gasteiger partial charge in [0.25, 0.3) is 0 Å². The van der Waals surface area contributed by atoms with E-state index in [1.165, 1.54) is 19.3 Å². The minimum Gasteiger partial charge on any atom is -0.341 e. The summed E-state index contributed by atoms with van der Waals surface area (Å²) in [6, 6.07) is 0. The lowest BCUT2D eigenvalue weighted by atomic mass is 9.88. The fourth-order valence-electron chi connectivity index (χ4n) is 3.06. The molecular weight excluding hydrogens is 228 g/mol. The van der Waals surface area contributed by atoms with E-state index in [9.17, 15) is 9.59 Å². The first-order valence-corrected chi connectivity index (χ1v) is 7.23. The van der Waals surface area contributed by atoms with Crippen LogP contribution in [0.25, 0.3) is 0 Å². The van der Waals surface area contributed by atoms with Gasteiger partial charge in [0.2, 0.25) is 11.8 Å². The summed E-state index contributed by atoms with van der Waals surface area (Å²) in [5, 5.41) is 0. The summed E-state index contributed by atoms with van der Waals surface area (Å²) < 4.78 is 0. The SMILES string of the molecule is CC(=O)N1CCCN(C(=O)C2CCCCC2)CC1. The molecule has 4 heteroatoms. The minimum atomic E-state index is 0.127. The van der Waals surface area contributed by atoms with Gasteiger partial charge in [0, 0.05) is 39.0 Å². The van der Waals surface area contributed by atoms with E-state index >= 15 is 0 Å². The van der Waals surface area contributed by atoms with Crippen molar-refractivity contribution < 1.29 is 9.59 Å². The Morgan fingerprint density at radius 1 is 0.833 bits per heavy atom. The second-order valence-electron chi connectivity index (χ2n) is 5.52. The maximum Gasteiger partial charge on any atom is 0.225 e. The van der Waals surface area contributed by atoms with Crippen LogP contribution in [0.4, 0.5) is 0 Å². The van der Waals surface area contributed by atoms with Crippen LogP contribution >= 0.6 is 0 Å². The maximum absolute atomic E-state index is 12.4. The lowest BCUT2D eigenvalue weighted by Gasteiger charge is -2.28. The van der Waals surface area contributed by atoms with Crippen molar-refractivity contribution in [1.29, 1.82) is 0 Å². The van der Waals surface area contributed by atoms with Crippen LogP contribution in [0.2, 0.25) is 0 Å². The molecule has 0 spiro atoms. The lowest BCUT2D eigenvalue weighted by Crippen LogP contribution is -2.40. The second kappa shape index (κ2) is 6.21. The molecule has 0 N–H and O–H groups in total. The molecule has 2 rings (SSSR count). The molecule has 4 nitrogen and oxygen atoms in total. The highest BCUT2D eigenvalue weighted by Gasteiger charge is 2.27. The zero-order valence-electron chi connectivity index (χ0n) is 11.4. The van der Waals surface area contributed by atoms with Gasteiger partial charge < -0.3 is 9.80 Å². The summed E-state index contributed by atoms with van der Waals surface area (Å²) in [5.74, 6) is 0.713. The Morgan fingerprint density at radius 2 is 1.44 bits per heavy atom. The molecule has 0 aromatic rings. The molecule has 0 aromatic carbocycles. The van der Waals surface area contributed by atoms with E-state index in [4.69, 9.17) is 0 Å². The second-order valence-corrected chi connectivity index (χ2v) is 5.52. The van der Waals surface area contributed by atoms with E-state index in [2.05, 4.69) is 0 Å². The average molecular weight is 252 g/mol. The Labute approximate surface area is 109 Å². The molecule has 1 saturated carbocycles. The van der Waals surface area contributed by atoms with Gasteiger partial charge in [-0.1, -0.05) is 19.3 Å². The highest BCUT2D eigenvalue weighted by Crippen LogP contribution is 2.25. The molecule has 0 aromatic heterocycles. The quantitative estimate of drug-likeness (QED) is 0.712. The molecule has 1 saturated heterocycles. The molecule has 1 heterocycles.